The van der Waals surface area contributed by atoms with Crippen LogP contribution in [-0.2, 0) is 6.42 Å². The van der Waals surface area contributed by atoms with Gasteiger partial charge >= 0.3 is 0 Å². The van der Waals surface area contributed by atoms with Crippen LogP contribution in [0.4, 0.5) is 0 Å². The van der Waals surface area contributed by atoms with E-state index in [2.05, 4.69) is 50.6 Å². The number of pyridine rings is 1. The highest BCUT2D eigenvalue weighted by molar-refractivity contribution is 7.98. The third-order valence-corrected chi connectivity index (χ3v) is 5.87. The number of aryl methyl sites for hydroxylation is 1. The van der Waals surface area contributed by atoms with Gasteiger partial charge in [-0.2, -0.15) is 5.10 Å². The summed E-state index contributed by atoms with van der Waals surface area (Å²) in [7, 11) is 0. The quantitative estimate of drug-likeness (QED) is 0.304. The number of nitrogens with zero attached hydrogens (tertiary/aromatic N) is 3. The van der Waals surface area contributed by atoms with E-state index in [1.165, 1.54) is 12.8 Å². The molecule has 0 bridgehead atoms. The molecule has 0 spiro atoms. The number of allylic oxidation sites excluding steroid dienone is 3. The summed E-state index contributed by atoms with van der Waals surface area (Å²) in [5.41, 5.74) is 11.5. The van der Waals surface area contributed by atoms with Gasteiger partial charge in [0, 0.05) is 23.5 Å². The number of benzene rings is 1. The van der Waals surface area contributed by atoms with Crippen molar-refractivity contribution in [3.63, 3.8) is 0 Å². The van der Waals surface area contributed by atoms with Crippen molar-refractivity contribution in [2.45, 2.75) is 58.0 Å². The summed E-state index contributed by atoms with van der Waals surface area (Å²) in [4.78, 5) is 4.73. The predicted octanol–water partition coefficient (Wildman–Crippen LogP) is 6.81. The smallest absolute Gasteiger partial charge is 0.0960 e. The lowest BCUT2D eigenvalue weighted by atomic mass is 9.99. The van der Waals surface area contributed by atoms with E-state index < -0.39 is 0 Å². The largest absolute Gasteiger partial charge is 0.324 e. The van der Waals surface area contributed by atoms with Crippen molar-refractivity contribution in [3.05, 3.63) is 84.2 Å². The number of rotatable bonds is 8. The van der Waals surface area contributed by atoms with Crippen LogP contribution in [0.25, 0.3) is 16.6 Å². The molecule has 32 heavy (non-hydrogen) atoms. The Hall–Kier alpha value is -2.63. The van der Waals surface area contributed by atoms with Crippen LogP contribution in [-0.4, -0.2) is 27.1 Å². The van der Waals surface area contributed by atoms with Crippen LogP contribution < -0.4 is 5.73 Å². The average molecular weight is 449 g/mol. The first-order valence-electron chi connectivity index (χ1n) is 11.2. The summed E-state index contributed by atoms with van der Waals surface area (Å²) < 4.78 is 1.91. The van der Waals surface area contributed by atoms with E-state index in [4.69, 9.17) is 10.7 Å². The normalized spacial score (nSPS) is 12.6. The van der Waals surface area contributed by atoms with Crippen molar-refractivity contribution in [2.75, 3.05) is 6.26 Å². The monoisotopic (exact) mass is 448 g/mol. The van der Waals surface area contributed by atoms with Gasteiger partial charge in [-0.3, -0.25) is 0 Å². The SMILES string of the molecule is C=C(/C(=C\C=C/C)n1ncc2ccccc21)C(N)Cc1nc(SC)ccc1C.CCCC. The van der Waals surface area contributed by atoms with Crippen molar-refractivity contribution < 1.29 is 0 Å². The van der Waals surface area contributed by atoms with E-state index in [0.717, 1.165) is 38.5 Å². The number of hydrogen-bond acceptors (Lipinski definition) is 4. The zero-order valence-corrected chi connectivity index (χ0v) is 20.8. The predicted molar refractivity (Wildman–Crippen MR) is 141 cm³/mol. The highest BCUT2D eigenvalue weighted by atomic mass is 32.2. The topological polar surface area (TPSA) is 56.7 Å². The number of fused-ring (bicyclic) bond motifs is 1. The molecule has 0 saturated carbocycles. The van der Waals surface area contributed by atoms with Crippen LogP contribution in [0.2, 0.25) is 0 Å². The van der Waals surface area contributed by atoms with Crippen LogP contribution in [0, 0.1) is 6.92 Å². The maximum absolute atomic E-state index is 6.58. The number of unbranched alkanes of at least 4 members (excludes halogenated alkanes) is 1. The molecule has 0 aliphatic heterocycles. The van der Waals surface area contributed by atoms with Crippen molar-refractivity contribution in [1.82, 2.24) is 14.8 Å². The van der Waals surface area contributed by atoms with Gasteiger partial charge in [0.1, 0.15) is 0 Å². The fourth-order valence-corrected chi connectivity index (χ4v) is 3.46. The summed E-state index contributed by atoms with van der Waals surface area (Å²) in [6, 6.07) is 12.0. The summed E-state index contributed by atoms with van der Waals surface area (Å²) in [6.07, 6.45) is 13.2. The lowest BCUT2D eigenvalue weighted by Gasteiger charge is -2.19. The fourth-order valence-electron chi connectivity index (χ4n) is 3.06. The summed E-state index contributed by atoms with van der Waals surface area (Å²) >= 11 is 1.64. The molecule has 2 heterocycles. The Kier molecular flexibility index (Phi) is 10.4. The van der Waals surface area contributed by atoms with E-state index in [0.29, 0.717) is 6.42 Å². The molecule has 0 aliphatic carbocycles. The molecular formula is C27H36N4S. The molecular weight excluding hydrogens is 412 g/mol. The zero-order chi connectivity index (χ0) is 23.5. The second-order valence-corrected chi connectivity index (χ2v) is 8.47. The standard InChI is InChI=1S/C23H26N4S.C4H10/c1-5-6-10-21(27-22-11-8-7-9-18(22)15-25-27)17(3)19(24)14-20-16(2)12-13-23(26-20)28-4;1-3-4-2/h5-13,15,19H,3,14,24H2,1-2,4H3;3-4H2,1-2H3/b6-5-,21-10+;. The Bertz CT molecular complexity index is 1080. The Morgan fingerprint density at radius 3 is 2.56 bits per heavy atom. The maximum atomic E-state index is 6.58. The van der Waals surface area contributed by atoms with Crippen LogP contribution in [0.15, 0.2) is 78.0 Å². The zero-order valence-electron chi connectivity index (χ0n) is 20.0. The molecule has 0 saturated heterocycles. The van der Waals surface area contributed by atoms with Crippen molar-refractivity contribution >= 4 is 28.4 Å². The molecule has 170 valence electrons. The molecule has 0 aliphatic rings. The number of para-hydroxylation sites is 1. The maximum Gasteiger partial charge on any atom is 0.0960 e. The minimum atomic E-state index is -0.261. The molecule has 0 radical (unpaired) electrons. The second kappa shape index (κ2) is 13.0. The molecule has 2 N–H and O–H groups in total. The molecule has 1 aromatic carbocycles. The summed E-state index contributed by atoms with van der Waals surface area (Å²) in [5.74, 6) is 0. The molecule has 5 heteroatoms. The van der Waals surface area contributed by atoms with Gasteiger partial charge in [0.2, 0.25) is 0 Å². The molecule has 1 atom stereocenters. The highest BCUT2D eigenvalue weighted by Gasteiger charge is 2.18. The fraction of sp³-hybridized carbons (Fsp3) is 0.333. The molecule has 1 unspecified atom stereocenters. The van der Waals surface area contributed by atoms with Crippen LogP contribution in [0.3, 0.4) is 0 Å². The number of thioether (sulfide) groups is 1. The Labute approximate surface area is 197 Å². The third kappa shape index (κ3) is 6.68. The molecule has 2 aromatic heterocycles. The summed E-state index contributed by atoms with van der Waals surface area (Å²) in [6.45, 7) is 12.7. The molecule has 0 fully saturated rings. The molecule has 4 nitrogen and oxygen atoms in total. The number of nitrogens with two attached hydrogens (primary N) is 1. The van der Waals surface area contributed by atoms with Gasteiger partial charge in [0.25, 0.3) is 0 Å². The van der Waals surface area contributed by atoms with Crippen molar-refractivity contribution in [3.8, 4) is 0 Å². The summed E-state index contributed by atoms with van der Waals surface area (Å²) in [5, 5.41) is 6.67. The highest BCUT2D eigenvalue weighted by Crippen LogP contribution is 2.25. The van der Waals surface area contributed by atoms with Gasteiger partial charge in [-0.15, -0.1) is 11.8 Å². The van der Waals surface area contributed by atoms with Gasteiger partial charge in [-0.1, -0.05) is 69.7 Å². The van der Waals surface area contributed by atoms with E-state index in [-0.39, 0.29) is 6.04 Å². The first kappa shape index (κ1) is 25.6. The van der Waals surface area contributed by atoms with Crippen molar-refractivity contribution in [2.24, 2.45) is 5.73 Å². The minimum absolute atomic E-state index is 0.261. The average Bonchev–Trinajstić information content (AvgIpc) is 3.24. The minimum Gasteiger partial charge on any atom is -0.324 e. The van der Waals surface area contributed by atoms with Gasteiger partial charge in [-0.25, -0.2) is 9.67 Å². The number of aromatic nitrogens is 3. The van der Waals surface area contributed by atoms with Gasteiger partial charge in [-0.05, 0) is 49.4 Å². The van der Waals surface area contributed by atoms with Crippen LogP contribution >= 0.6 is 11.8 Å². The van der Waals surface area contributed by atoms with Gasteiger partial charge in [0.15, 0.2) is 0 Å². The third-order valence-electron chi connectivity index (χ3n) is 5.23. The van der Waals surface area contributed by atoms with Crippen molar-refractivity contribution in [1.29, 1.82) is 0 Å². The lowest BCUT2D eigenvalue weighted by Crippen LogP contribution is -2.27. The van der Waals surface area contributed by atoms with E-state index in [9.17, 15) is 0 Å². The van der Waals surface area contributed by atoms with Gasteiger partial charge in [0.05, 0.1) is 22.4 Å². The first-order chi connectivity index (χ1) is 15.5. The Morgan fingerprint density at radius 1 is 1.19 bits per heavy atom. The van der Waals surface area contributed by atoms with Crippen LogP contribution in [0.1, 0.15) is 44.9 Å². The van der Waals surface area contributed by atoms with Crippen LogP contribution in [0.5, 0.6) is 0 Å². The van der Waals surface area contributed by atoms with Gasteiger partial charge < -0.3 is 5.73 Å². The molecule has 3 aromatic rings. The Morgan fingerprint density at radius 2 is 1.91 bits per heavy atom. The second-order valence-electron chi connectivity index (χ2n) is 7.65. The lowest BCUT2D eigenvalue weighted by molar-refractivity contribution is 0.740. The molecule has 0 amide bonds. The number of hydrogen-bond donors (Lipinski definition) is 1. The first-order valence-corrected chi connectivity index (χ1v) is 12.4. The van der Waals surface area contributed by atoms with E-state index in [1.807, 2.05) is 60.5 Å². The Balaban J connectivity index is 0.000000837. The van der Waals surface area contributed by atoms with E-state index >= 15 is 0 Å². The van der Waals surface area contributed by atoms with E-state index in [1.54, 1.807) is 11.8 Å². The molecule has 3 rings (SSSR count).